The molecule has 0 radical (unpaired) electrons. The Morgan fingerprint density at radius 3 is 2.92 bits per heavy atom. The molecule has 0 amide bonds. The second kappa shape index (κ2) is 4.72. The van der Waals surface area contributed by atoms with Gasteiger partial charge in [0.1, 0.15) is 5.75 Å². The Labute approximate surface area is 78.3 Å². The van der Waals surface area contributed by atoms with Crippen molar-refractivity contribution in [3.05, 3.63) is 24.3 Å². The second-order valence-electron chi connectivity index (χ2n) is 3.05. The Bertz CT molecular complexity index is 263. The largest absolute Gasteiger partial charge is 0.508 e. The Kier molecular flexibility index (Phi) is 3.58. The van der Waals surface area contributed by atoms with Crippen LogP contribution in [-0.2, 0) is 4.74 Å². The van der Waals surface area contributed by atoms with Gasteiger partial charge in [-0.25, -0.2) is 0 Å². The number of hydrogen-bond acceptors (Lipinski definition) is 3. The van der Waals surface area contributed by atoms with Crippen molar-refractivity contribution >= 4 is 5.69 Å². The lowest BCUT2D eigenvalue weighted by Gasteiger charge is -2.13. The number of ether oxygens (including phenoxy) is 1. The highest BCUT2D eigenvalue weighted by Crippen LogP contribution is 2.15. The van der Waals surface area contributed by atoms with Crippen LogP contribution in [0.15, 0.2) is 24.3 Å². The maximum atomic E-state index is 9.18. The van der Waals surface area contributed by atoms with E-state index in [1.54, 1.807) is 25.3 Å². The van der Waals surface area contributed by atoms with Gasteiger partial charge >= 0.3 is 0 Å². The van der Waals surface area contributed by atoms with Gasteiger partial charge in [-0.2, -0.15) is 0 Å². The minimum Gasteiger partial charge on any atom is -0.508 e. The molecule has 0 aliphatic carbocycles. The summed E-state index contributed by atoms with van der Waals surface area (Å²) in [5.74, 6) is 0.273. The summed E-state index contributed by atoms with van der Waals surface area (Å²) in [7, 11) is 1.67. The van der Waals surface area contributed by atoms with E-state index < -0.39 is 0 Å². The van der Waals surface area contributed by atoms with Gasteiger partial charge in [-0.3, -0.25) is 0 Å². The van der Waals surface area contributed by atoms with E-state index in [1.165, 1.54) is 0 Å². The van der Waals surface area contributed by atoms with Crippen LogP contribution in [0.25, 0.3) is 0 Å². The molecule has 2 N–H and O–H groups in total. The molecule has 0 spiro atoms. The van der Waals surface area contributed by atoms with E-state index in [1.807, 2.05) is 13.0 Å². The molecule has 1 aromatic carbocycles. The minimum absolute atomic E-state index is 0.242. The molecule has 72 valence electrons. The fourth-order valence-corrected chi connectivity index (χ4v) is 1.17. The van der Waals surface area contributed by atoms with Gasteiger partial charge in [0.15, 0.2) is 0 Å². The highest BCUT2D eigenvalue weighted by molar-refractivity contribution is 5.48. The van der Waals surface area contributed by atoms with E-state index in [-0.39, 0.29) is 11.8 Å². The van der Waals surface area contributed by atoms with Crippen molar-refractivity contribution in [2.75, 3.05) is 19.0 Å². The molecule has 0 bridgehead atoms. The molecule has 1 aromatic rings. The molecular weight excluding hydrogens is 166 g/mol. The zero-order chi connectivity index (χ0) is 9.68. The Morgan fingerprint density at radius 1 is 1.54 bits per heavy atom. The van der Waals surface area contributed by atoms with Crippen LogP contribution in [0, 0.1) is 0 Å². The smallest absolute Gasteiger partial charge is 0.117 e. The normalized spacial score (nSPS) is 12.5. The van der Waals surface area contributed by atoms with E-state index in [9.17, 15) is 5.11 Å². The molecule has 3 heteroatoms. The summed E-state index contributed by atoms with van der Waals surface area (Å²) >= 11 is 0. The van der Waals surface area contributed by atoms with Crippen LogP contribution in [-0.4, -0.2) is 24.9 Å². The van der Waals surface area contributed by atoms with Gasteiger partial charge in [-0.05, 0) is 19.1 Å². The first-order valence-electron chi connectivity index (χ1n) is 4.27. The summed E-state index contributed by atoms with van der Waals surface area (Å²) in [6.07, 6.45) is 0. The van der Waals surface area contributed by atoms with Gasteiger partial charge in [0.2, 0.25) is 0 Å². The van der Waals surface area contributed by atoms with Gasteiger partial charge in [-0.1, -0.05) is 6.07 Å². The summed E-state index contributed by atoms with van der Waals surface area (Å²) in [6.45, 7) is 2.67. The molecule has 0 saturated heterocycles. The molecule has 0 fully saturated rings. The molecule has 3 nitrogen and oxygen atoms in total. The van der Waals surface area contributed by atoms with Crippen LogP contribution in [0.5, 0.6) is 5.75 Å². The molecule has 1 unspecified atom stereocenters. The van der Waals surface area contributed by atoms with Crippen molar-refractivity contribution in [3.8, 4) is 5.75 Å². The quantitative estimate of drug-likeness (QED) is 0.744. The summed E-state index contributed by atoms with van der Waals surface area (Å²) < 4.78 is 4.98. The molecule has 1 atom stereocenters. The van der Waals surface area contributed by atoms with E-state index in [0.29, 0.717) is 6.61 Å². The summed E-state index contributed by atoms with van der Waals surface area (Å²) in [5, 5.41) is 12.4. The first-order valence-corrected chi connectivity index (χ1v) is 4.27. The molecule has 0 saturated carbocycles. The molecule has 1 rings (SSSR count). The van der Waals surface area contributed by atoms with Crippen molar-refractivity contribution in [1.29, 1.82) is 0 Å². The van der Waals surface area contributed by atoms with E-state index in [0.717, 1.165) is 5.69 Å². The van der Waals surface area contributed by atoms with Crippen LogP contribution in [0.2, 0.25) is 0 Å². The van der Waals surface area contributed by atoms with Crippen LogP contribution in [0.4, 0.5) is 5.69 Å². The third-order valence-corrected chi connectivity index (χ3v) is 1.68. The Hall–Kier alpha value is -1.22. The van der Waals surface area contributed by atoms with Gasteiger partial charge in [0.25, 0.3) is 0 Å². The van der Waals surface area contributed by atoms with E-state index in [4.69, 9.17) is 4.74 Å². The summed E-state index contributed by atoms with van der Waals surface area (Å²) in [5.41, 5.74) is 0.907. The molecule has 0 aliphatic rings. The molecule has 13 heavy (non-hydrogen) atoms. The lowest BCUT2D eigenvalue weighted by molar-refractivity contribution is 0.190. The second-order valence-corrected chi connectivity index (χ2v) is 3.05. The predicted octanol–water partition coefficient (Wildman–Crippen LogP) is 1.84. The topological polar surface area (TPSA) is 41.5 Å². The lowest BCUT2D eigenvalue weighted by atomic mass is 10.2. The van der Waals surface area contributed by atoms with E-state index in [2.05, 4.69) is 5.32 Å². The predicted molar refractivity (Wildman–Crippen MR) is 53.1 cm³/mol. The number of phenolic OH excluding ortho intramolecular Hbond substituents is 1. The maximum absolute atomic E-state index is 9.18. The number of rotatable bonds is 4. The number of anilines is 1. The number of nitrogens with one attached hydrogen (secondary N) is 1. The van der Waals surface area contributed by atoms with Crippen LogP contribution < -0.4 is 5.32 Å². The van der Waals surface area contributed by atoms with Crippen molar-refractivity contribution in [1.82, 2.24) is 0 Å². The number of phenols is 1. The first kappa shape index (κ1) is 9.86. The van der Waals surface area contributed by atoms with Crippen LogP contribution in [0.3, 0.4) is 0 Å². The van der Waals surface area contributed by atoms with Crippen molar-refractivity contribution < 1.29 is 9.84 Å². The van der Waals surface area contributed by atoms with Crippen LogP contribution in [0.1, 0.15) is 6.92 Å². The fourth-order valence-electron chi connectivity index (χ4n) is 1.17. The minimum atomic E-state index is 0.242. The van der Waals surface area contributed by atoms with E-state index >= 15 is 0 Å². The average Bonchev–Trinajstić information content (AvgIpc) is 2.04. The van der Waals surface area contributed by atoms with Crippen molar-refractivity contribution in [2.24, 2.45) is 0 Å². The molecule has 0 heterocycles. The monoisotopic (exact) mass is 181 g/mol. The van der Waals surface area contributed by atoms with Gasteiger partial charge in [-0.15, -0.1) is 0 Å². The SMILES string of the molecule is COCC(C)Nc1cccc(O)c1. The summed E-state index contributed by atoms with van der Waals surface area (Å²) in [6, 6.07) is 7.29. The van der Waals surface area contributed by atoms with Crippen LogP contribution >= 0.6 is 0 Å². The maximum Gasteiger partial charge on any atom is 0.117 e. The highest BCUT2D eigenvalue weighted by Gasteiger charge is 2.00. The molecule has 0 aliphatic heterocycles. The van der Waals surface area contributed by atoms with Gasteiger partial charge < -0.3 is 15.2 Å². The highest BCUT2D eigenvalue weighted by atomic mass is 16.5. The third kappa shape index (κ3) is 3.34. The molecular formula is C10H15NO2. The zero-order valence-corrected chi connectivity index (χ0v) is 7.95. The third-order valence-electron chi connectivity index (χ3n) is 1.68. The lowest BCUT2D eigenvalue weighted by Crippen LogP contribution is -2.20. The van der Waals surface area contributed by atoms with Crippen molar-refractivity contribution in [2.45, 2.75) is 13.0 Å². The zero-order valence-electron chi connectivity index (χ0n) is 7.95. The molecule has 0 aromatic heterocycles. The number of methoxy groups -OCH3 is 1. The van der Waals surface area contributed by atoms with Gasteiger partial charge in [0, 0.05) is 24.9 Å². The average molecular weight is 181 g/mol. The van der Waals surface area contributed by atoms with Gasteiger partial charge in [0.05, 0.1) is 6.61 Å². The number of aromatic hydroxyl groups is 1. The summed E-state index contributed by atoms with van der Waals surface area (Å²) in [4.78, 5) is 0. The number of benzene rings is 1. The van der Waals surface area contributed by atoms with Crippen molar-refractivity contribution in [3.63, 3.8) is 0 Å². The first-order chi connectivity index (χ1) is 6.22. The Morgan fingerprint density at radius 2 is 2.31 bits per heavy atom. The standard InChI is InChI=1S/C10H15NO2/c1-8(7-13-2)11-9-4-3-5-10(12)6-9/h3-6,8,11-12H,7H2,1-2H3. The fraction of sp³-hybridized carbons (Fsp3) is 0.400. The number of hydrogen-bond donors (Lipinski definition) is 2. The Balaban J connectivity index is 2.53.